The Balaban J connectivity index is 1.76. The molecule has 1 aromatic carbocycles. The molecule has 4 rings (SSSR count). The molecule has 1 N–H and O–H groups in total. The number of hydrogen-bond donors (Lipinski definition) is 1. The summed E-state index contributed by atoms with van der Waals surface area (Å²) in [7, 11) is 0. The molecule has 5 heteroatoms. The van der Waals surface area contributed by atoms with E-state index in [-0.39, 0.29) is 11.9 Å². The zero-order chi connectivity index (χ0) is 14.4. The molecular formula is C16H17ClFN3. The van der Waals surface area contributed by atoms with Gasteiger partial charge >= 0.3 is 0 Å². The maximum absolute atomic E-state index is 13.3. The van der Waals surface area contributed by atoms with Gasteiger partial charge in [0.1, 0.15) is 5.82 Å². The van der Waals surface area contributed by atoms with Crippen LogP contribution in [0.15, 0.2) is 24.5 Å². The van der Waals surface area contributed by atoms with E-state index in [1.807, 2.05) is 0 Å². The molecule has 3 nitrogen and oxygen atoms in total. The second-order valence-electron chi connectivity index (χ2n) is 6.02. The van der Waals surface area contributed by atoms with Gasteiger partial charge in [0, 0.05) is 30.2 Å². The molecule has 2 heterocycles. The molecule has 1 fully saturated rings. The molecule has 0 spiro atoms. The summed E-state index contributed by atoms with van der Waals surface area (Å²) in [6.45, 7) is 2.06. The first-order chi connectivity index (χ1) is 10.2. The van der Waals surface area contributed by atoms with E-state index in [4.69, 9.17) is 11.6 Å². The Hall–Kier alpha value is -1.39. The summed E-state index contributed by atoms with van der Waals surface area (Å²) in [5, 5.41) is 0.483. The quantitative estimate of drug-likeness (QED) is 0.940. The smallest absolute Gasteiger partial charge is 0.124 e. The van der Waals surface area contributed by atoms with Crippen LogP contribution in [0.4, 0.5) is 4.39 Å². The number of benzene rings is 1. The van der Waals surface area contributed by atoms with Crippen LogP contribution >= 0.6 is 11.6 Å². The lowest BCUT2D eigenvalue weighted by Gasteiger charge is -2.35. The van der Waals surface area contributed by atoms with Crippen molar-refractivity contribution in [1.29, 1.82) is 0 Å². The highest BCUT2D eigenvalue weighted by atomic mass is 35.5. The fourth-order valence-electron chi connectivity index (χ4n) is 3.22. The summed E-state index contributed by atoms with van der Waals surface area (Å²) in [4.78, 5) is 10.2. The van der Waals surface area contributed by atoms with Gasteiger partial charge in [0.05, 0.1) is 18.1 Å². The number of fused-ring (bicyclic) bond motifs is 1. The van der Waals surface area contributed by atoms with Crippen LogP contribution < -0.4 is 0 Å². The minimum atomic E-state index is -0.296. The maximum atomic E-state index is 13.3. The van der Waals surface area contributed by atoms with Gasteiger partial charge in [-0.2, -0.15) is 0 Å². The summed E-state index contributed by atoms with van der Waals surface area (Å²) < 4.78 is 13.3. The van der Waals surface area contributed by atoms with Gasteiger partial charge < -0.3 is 4.98 Å². The maximum Gasteiger partial charge on any atom is 0.124 e. The highest BCUT2D eigenvalue weighted by Gasteiger charge is 2.35. The third-order valence-corrected chi connectivity index (χ3v) is 4.80. The van der Waals surface area contributed by atoms with Crippen molar-refractivity contribution in [2.24, 2.45) is 5.92 Å². The predicted octanol–water partition coefficient (Wildman–Crippen LogP) is 3.56. The van der Waals surface area contributed by atoms with Gasteiger partial charge in [-0.3, -0.25) is 4.90 Å². The van der Waals surface area contributed by atoms with Crippen molar-refractivity contribution >= 4 is 11.6 Å². The highest BCUT2D eigenvalue weighted by Crippen LogP contribution is 2.40. The van der Waals surface area contributed by atoms with Crippen LogP contribution in [0.25, 0.3) is 0 Å². The molecule has 0 amide bonds. The van der Waals surface area contributed by atoms with E-state index in [2.05, 4.69) is 14.9 Å². The van der Waals surface area contributed by atoms with E-state index in [0.717, 1.165) is 36.7 Å². The monoisotopic (exact) mass is 305 g/mol. The molecular weight excluding hydrogens is 289 g/mol. The fraction of sp³-hybridized carbons (Fsp3) is 0.438. The van der Waals surface area contributed by atoms with Crippen molar-refractivity contribution in [1.82, 2.24) is 14.9 Å². The minimum Gasteiger partial charge on any atom is -0.348 e. The van der Waals surface area contributed by atoms with Crippen LogP contribution in [-0.2, 0) is 6.42 Å². The molecule has 1 unspecified atom stereocenters. The molecule has 21 heavy (non-hydrogen) atoms. The zero-order valence-electron chi connectivity index (χ0n) is 11.6. The number of aromatic nitrogens is 2. The van der Waals surface area contributed by atoms with Crippen molar-refractivity contribution in [3.8, 4) is 0 Å². The summed E-state index contributed by atoms with van der Waals surface area (Å²) >= 11 is 6.31. The molecule has 2 aliphatic rings. The van der Waals surface area contributed by atoms with E-state index in [1.54, 1.807) is 12.4 Å². The largest absolute Gasteiger partial charge is 0.348 e. The number of nitrogens with zero attached hydrogens (tertiary/aromatic N) is 2. The van der Waals surface area contributed by atoms with Crippen LogP contribution in [0, 0.1) is 11.7 Å². The molecule has 1 aliphatic heterocycles. The Morgan fingerprint density at radius 1 is 1.38 bits per heavy atom. The number of rotatable bonds is 3. The van der Waals surface area contributed by atoms with Gasteiger partial charge in [0.15, 0.2) is 0 Å². The molecule has 1 saturated carbocycles. The Morgan fingerprint density at radius 3 is 3.00 bits per heavy atom. The first-order valence-corrected chi connectivity index (χ1v) is 7.81. The van der Waals surface area contributed by atoms with Gasteiger partial charge in [-0.15, -0.1) is 0 Å². The Kier molecular flexibility index (Phi) is 3.23. The second kappa shape index (κ2) is 5.11. The highest BCUT2D eigenvalue weighted by molar-refractivity contribution is 6.31. The van der Waals surface area contributed by atoms with Gasteiger partial charge in [-0.25, -0.2) is 9.37 Å². The van der Waals surface area contributed by atoms with Gasteiger partial charge in [0.25, 0.3) is 0 Å². The number of imidazole rings is 1. The predicted molar refractivity (Wildman–Crippen MR) is 79.8 cm³/mol. The third-order valence-electron chi connectivity index (χ3n) is 4.47. The third kappa shape index (κ3) is 2.47. The van der Waals surface area contributed by atoms with Crippen molar-refractivity contribution < 1.29 is 4.39 Å². The van der Waals surface area contributed by atoms with Gasteiger partial charge in [0.2, 0.25) is 0 Å². The van der Waals surface area contributed by atoms with E-state index >= 15 is 0 Å². The number of aromatic amines is 1. The molecule has 2 aromatic rings. The minimum absolute atomic E-state index is 0.0358. The summed E-state index contributed by atoms with van der Waals surface area (Å²) in [5.41, 5.74) is 3.16. The first-order valence-electron chi connectivity index (χ1n) is 7.43. The average molecular weight is 306 g/mol. The molecule has 1 atom stereocenters. The van der Waals surface area contributed by atoms with Crippen LogP contribution in [-0.4, -0.2) is 28.0 Å². The fourth-order valence-corrected chi connectivity index (χ4v) is 3.49. The van der Waals surface area contributed by atoms with Crippen LogP contribution in [0.5, 0.6) is 0 Å². The Morgan fingerprint density at radius 2 is 2.24 bits per heavy atom. The molecule has 1 aliphatic carbocycles. The van der Waals surface area contributed by atoms with Crippen LogP contribution in [0.2, 0.25) is 5.02 Å². The van der Waals surface area contributed by atoms with E-state index in [0.29, 0.717) is 5.02 Å². The average Bonchev–Trinajstić information content (AvgIpc) is 3.14. The van der Waals surface area contributed by atoms with E-state index in [9.17, 15) is 4.39 Å². The lowest BCUT2D eigenvalue weighted by atomic mass is 9.95. The summed E-state index contributed by atoms with van der Waals surface area (Å²) in [6, 6.07) is 4.71. The number of H-pyrrole nitrogens is 1. The van der Waals surface area contributed by atoms with E-state index in [1.165, 1.54) is 30.7 Å². The normalized spacial score (nSPS) is 22.3. The van der Waals surface area contributed by atoms with Crippen molar-refractivity contribution in [2.45, 2.75) is 25.3 Å². The SMILES string of the molecule is Fc1ccc(C2c3nc[nH]c3CCN2CC2CC2)c(Cl)c1. The molecule has 0 saturated heterocycles. The van der Waals surface area contributed by atoms with Crippen molar-refractivity contribution in [2.75, 3.05) is 13.1 Å². The van der Waals surface area contributed by atoms with Crippen molar-refractivity contribution in [3.05, 3.63) is 52.3 Å². The summed E-state index contributed by atoms with van der Waals surface area (Å²) in [6.07, 6.45) is 5.36. The van der Waals surface area contributed by atoms with Crippen LogP contribution in [0.1, 0.15) is 35.8 Å². The lowest BCUT2D eigenvalue weighted by Crippen LogP contribution is -2.37. The Bertz CT molecular complexity index is 665. The van der Waals surface area contributed by atoms with Crippen LogP contribution in [0.3, 0.4) is 0 Å². The van der Waals surface area contributed by atoms with Gasteiger partial charge in [-0.05, 0) is 36.5 Å². The molecule has 1 aromatic heterocycles. The van der Waals surface area contributed by atoms with Gasteiger partial charge in [-0.1, -0.05) is 17.7 Å². The number of halogens is 2. The molecule has 110 valence electrons. The molecule has 0 radical (unpaired) electrons. The second-order valence-corrected chi connectivity index (χ2v) is 6.43. The number of nitrogens with one attached hydrogen (secondary N) is 1. The topological polar surface area (TPSA) is 31.9 Å². The standard InChI is InChI=1S/C16H17ClFN3/c17-13-7-11(18)3-4-12(13)16-15-14(19-9-20-15)5-6-21(16)8-10-1-2-10/h3-4,7,9-10,16H,1-2,5-6,8H2,(H,19,20). The Labute approximate surface area is 128 Å². The first kappa shape index (κ1) is 13.3. The molecule has 0 bridgehead atoms. The van der Waals surface area contributed by atoms with E-state index < -0.39 is 0 Å². The zero-order valence-corrected chi connectivity index (χ0v) is 12.4. The number of hydrogen-bond acceptors (Lipinski definition) is 2. The van der Waals surface area contributed by atoms with Crippen molar-refractivity contribution in [3.63, 3.8) is 0 Å². The lowest BCUT2D eigenvalue weighted by molar-refractivity contribution is 0.200. The summed E-state index contributed by atoms with van der Waals surface area (Å²) in [5.74, 6) is 0.503.